The summed E-state index contributed by atoms with van der Waals surface area (Å²) in [4.78, 5) is 14.3. The van der Waals surface area contributed by atoms with Crippen molar-refractivity contribution < 1.29 is 13.9 Å². The fourth-order valence-corrected chi connectivity index (χ4v) is 3.03. The molecule has 7 heteroatoms. The molecule has 134 valence electrons. The Morgan fingerprint density at radius 3 is 2.73 bits per heavy atom. The lowest BCUT2D eigenvalue weighted by Gasteiger charge is -2.38. The molecule has 1 saturated heterocycles. The Balaban J connectivity index is 1.32. The molecule has 0 bridgehead atoms. The number of rotatable bonds is 5. The number of carbonyl (C=O) groups is 1. The first-order valence-corrected chi connectivity index (χ1v) is 8.55. The maximum atomic E-state index is 12.5. The third-order valence-electron chi connectivity index (χ3n) is 4.48. The quantitative estimate of drug-likeness (QED) is 0.706. The van der Waals surface area contributed by atoms with E-state index in [4.69, 9.17) is 9.15 Å². The van der Waals surface area contributed by atoms with E-state index in [1.54, 1.807) is 15.6 Å². The Bertz CT molecular complexity index is 910. The van der Waals surface area contributed by atoms with Crippen LogP contribution in [-0.4, -0.2) is 38.9 Å². The van der Waals surface area contributed by atoms with Gasteiger partial charge in [0.25, 0.3) is 5.91 Å². The predicted octanol–water partition coefficient (Wildman–Crippen LogP) is 2.76. The minimum absolute atomic E-state index is 0.00310. The van der Waals surface area contributed by atoms with Crippen molar-refractivity contribution in [3.8, 4) is 5.75 Å². The first kappa shape index (κ1) is 16.4. The zero-order chi connectivity index (χ0) is 18.1. The highest BCUT2D eigenvalue weighted by Gasteiger charge is 2.34. The van der Waals surface area contributed by atoms with Gasteiger partial charge in [-0.05, 0) is 32.0 Å². The number of carbonyl (C=O) groups excluding carboxylic acids is 1. The number of hydrogen-bond donors (Lipinski definition) is 0. The summed E-state index contributed by atoms with van der Waals surface area (Å²) in [5.74, 6) is 2.22. The summed E-state index contributed by atoms with van der Waals surface area (Å²) in [5.41, 5.74) is 1.40. The van der Waals surface area contributed by atoms with E-state index < -0.39 is 0 Å². The molecule has 3 aromatic rings. The number of furan rings is 1. The summed E-state index contributed by atoms with van der Waals surface area (Å²) in [6.07, 6.45) is 1.88. The highest BCUT2D eigenvalue weighted by Crippen LogP contribution is 2.25. The van der Waals surface area contributed by atoms with Gasteiger partial charge >= 0.3 is 0 Å². The van der Waals surface area contributed by atoms with E-state index in [0.717, 1.165) is 17.2 Å². The van der Waals surface area contributed by atoms with Crippen LogP contribution in [0.1, 0.15) is 33.6 Å². The molecule has 1 amide bonds. The van der Waals surface area contributed by atoms with Crippen LogP contribution in [0.2, 0.25) is 0 Å². The summed E-state index contributed by atoms with van der Waals surface area (Å²) in [6.45, 7) is 5.26. The number of hydrogen-bond acceptors (Lipinski definition) is 5. The molecule has 1 fully saturated rings. The fraction of sp³-hybridized carbons (Fsp3) is 0.316. The Labute approximate surface area is 151 Å². The van der Waals surface area contributed by atoms with Gasteiger partial charge in [-0.25, -0.2) is 4.68 Å². The van der Waals surface area contributed by atoms with Crippen molar-refractivity contribution in [3.63, 3.8) is 0 Å². The maximum absolute atomic E-state index is 12.5. The highest BCUT2D eigenvalue weighted by molar-refractivity contribution is 5.95. The normalized spacial score (nSPS) is 14.3. The second-order valence-electron chi connectivity index (χ2n) is 6.48. The van der Waals surface area contributed by atoms with Crippen LogP contribution in [0.25, 0.3) is 0 Å². The fourth-order valence-electron chi connectivity index (χ4n) is 3.03. The Morgan fingerprint density at radius 2 is 2.04 bits per heavy atom. The average Bonchev–Trinajstić information content (AvgIpc) is 3.19. The van der Waals surface area contributed by atoms with E-state index in [-0.39, 0.29) is 11.9 Å². The van der Waals surface area contributed by atoms with Crippen LogP contribution < -0.4 is 4.74 Å². The number of para-hydroxylation sites is 1. The topological polar surface area (TPSA) is 73.4 Å². The Morgan fingerprint density at radius 1 is 1.27 bits per heavy atom. The molecule has 0 unspecified atom stereocenters. The number of aryl methyl sites for hydroxylation is 2. The van der Waals surface area contributed by atoms with E-state index in [0.29, 0.717) is 31.0 Å². The molecule has 7 nitrogen and oxygen atoms in total. The van der Waals surface area contributed by atoms with Gasteiger partial charge in [-0.3, -0.25) is 4.79 Å². The number of likely N-dealkylation sites (tertiary alicyclic amines) is 1. The molecule has 0 N–H and O–H groups in total. The van der Waals surface area contributed by atoms with Crippen LogP contribution in [0.15, 0.2) is 47.0 Å². The number of nitrogens with zero attached hydrogens (tertiary/aromatic N) is 4. The third-order valence-corrected chi connectivity index (χ3v) is 4.48. The van der Waals surface area contributed by atoms with E-state index in [2.05, 4.69) is 10.3 Å². The average molecular weight is 352 g/mol. The summed E-state index contributed by atoms with van der Waals surface area (Å²) >= 11 is 0. The molecule has 2 aromatic heterocycles. The summed E-state index contributed by atoms with van der Waals surface area (Å²) in [7, 11) is 0. The Hall–Kier alpha value is -3.09. The lowest BCUT2D eigenvalue weighted by Crippen LogP contribution is -2.51. The molecule has 26 heavy (non-hydrogen) atoms. The van der Waals surface area contributed by atoms with Crippen molar-refractivity contribution in [1.82, 2.24) is 19.9 Å². The molecule has 0 saturated carbocycles. The molecule has 3 heterocycles. The van der Waals surface area contributed by atoms with Gasteiger partial charge in [-0.2, -0.15) is 0 Å². The van der Waals surface area contributed by atoms with Gasteiger partial charge in [0, 0.05) is 13.1 Å². The van der Waals surface area contributed by atoms with Crippen LogP contribution in [0.3, 0.4) is 0 Å². The Kier molecular flexibility index (Phi) is 4.20. The van der Waals surface area contributed by atoms with Gasteiger partial charge in [-0.15, -0.1) is 5.10 Å². The molecule has 1 aliphatic rings. The molecule has 1 aliphatic heterocycles. The third kappa shape index (κ3) is 3.20. The first-order valence-electron chi connectivity index (χ1n) is 8.55. The smallest absolute Gasteiger partial charge is 0.257 e. The predicted molar refractivity (Wildman–Crippen MR) is 93.9 cm³/mol. The zero-order valence-corrected chi connectivity index (χ0v) is 14.8. The van der Waals surface area contributed by atoms with Gasteiger partial charge in [0.2, 0.25) is 0 Å². The highest BCUT2D eigenvalue weighted by atomic mass is 16.5. The SMILES string of the molecule is Cc1cc(C(=O)N2CC(n3cc(COc4ccccc4)nn3)C2)c(C)o1. The summed E-state index contributed by atoms with van der Waals surface area (Å²) < 4.78 is 12.9. The van der Waals surface area contributed by atoms with Crippen LogP contribution >= 0.6 is 0 Å². The van der Waals surface area contributed by atoms with Crippen LogP contribution in [0.5, 0.6) is 5.75 Å². The van der Waals surface area contributed by atoms with Crippen molar-refractivity contribution in [1.29, 1.82) is 0 Å². The van der Waals surface area contributed by atoms with Crippen LogP contribution in [-0.2, 0) is 6.61 Å². The number of ether oxygens (including phenoxy) is 1. The second kappa shape index (κ2) is 6.67. The van der Waals surface area contributed by atoms with Gasteiger partial charge in [0.15, 0.2) is 0 Å². The van der Waals surface area contributed by atoms with Crippen molar-refractivity contribution in [2.24, 2.45) is 0 Å². The van der Waals surface area contributed by atoms with Crippen molar-refractivity contribution >= 4 is 5.91 Å². The zero-order valence-electron chi connectivity index (χ0n) is 14.8. The maximum Gasteiger partial charge on any atom is 0.257 e. The molecule has 1 aromatic carbocycles. The monoisotopic (exact) mass is 352 g/mol. The molecule has 0 aliphatic carbocycles. The molecular weight excluding hydrogens is 332 g/mol. The minimum atomic E-state index is 0.00310. The summed E-state index contributed by atoms with van der Waals surface area (Å²) in [6, 6.07) is 11.5. The lowest BCUT2D eigenvalue weighted by atomic mass is 10.1. The van der Waals surface area contributed by atoms with Crippen LogP contribution in [0, 0.1) is 13.8 Å². The van der Waals surface area contributed by atoms with E-state index in [9.17, 15) is 4.79 Å². The van der Waals surface area contributed by atoms with E-state index in [1.807, 2.05) is 50.4 Å². The van der Waals surface area contributed by atoms with Crippen LogP contribution in [0.4, 0.5) is 0 Å². The first-order chi connectivity index (χ1) is 12.6. The lowest BCUT2D eigenvalue weighted by molar-refractivity contribution is 0.0496. The molecular formula is C19H20N4O3. The van der Waals surface area contributed by atoms with Crippen molar-refractivity contribution in [2.75, 3.05) is 13.1 Å². The minimum Gasteiger partial charge on any atom is -0.487 e. The number of amides is 1. The second-order valence-corrected chi connectivity index (χ2v) is 6.48. The van der Waals surface area contributed by atoms with Gasteiger partial charge in [0.1, 0.15) is 29.6 Å². The molecule has 4 rings (SSSR count). The molecule has 0 radical (unpaired) electrons. The van der Waals surface area contributed by atoms with Gasteiger partial charge < -0.3 is 14.1 Å². The molecule has 0 spiro atoms. The van der Waals surface area contributed by atoms with Gasteiger partial charge in [0.05, 0.1) is 17.8 Å². The van der Waals surface area contributed by atoms with Gasteiger partial charge in [-0.1, -0.05) is 23.4 Å². The number of aromatic nitrogens is 3. The summed E-state index contributed by atoms with van der Waals surface area (Å²) in [5, 5.41) is 8.32. The number of benzene rings is 1. The molecule has 0 atom stereocenters. The van der Waals surface area contributed by atoms with Crippen molar-refractivity contribution in [3.05, 3.63) is 65.4 Å². The van der Waals surface area contributed by atoms with E-state index >= 15 is 0 Å². The van der Waals surface area contributed by atoms with Crippen molar-refractivity contribution in [2.45, 2.75) is 26.5 Å². The standard InChI is InChI=1S/C19H20N4O3/c1-13-8-18(14(2)26-13)19(24)22-10-16(11-22)23-9-15(20-21-23)12-25-17-6-4-3-5-7-17/h3-9,16H,10-12H2,1-2H3. The van der Waals surface area contributed by atoms with E-state index in [1.165, 1.54) is 0 Å². The largest absolute Gasteiger partial charge is 0.487 e.